The minimum atomic E-state index is 0.968. The second-order valence-electron chi connectivity index (χ2n) is 3.54. The van der Waals surface area contributed by atoms with Crippen molar-refractivity contribution < 1.29 is 0 Å². The fraction of sp³-hybridized carbons (Fsp3) is 0.182. The fourth-order valence-electron chi connectivity index (χ4n) is 1.87. The Hall–Kier alpha value is -1.77. The Bertz CT molecular complexity index is 459. The SMILES string of the molecule is c1ccc2c(c1)CCc1c[nH]nc1N2. The maximum absolute atomic E-state index is 4.18. The minimum absolute atomic E-state index is 0.968. The van der Waals surface area contributed by atoms with Crippen LogP contribution in [0, 0.1) is 0 Å². The highest BCUT2D eigenvalue weighted by Crippen LogP contribution is 2.27. The van der Waals surface area contributed by atoms with Gasteiger partial charge in [-0.2, -0.15) is 5.10 Å². The van der Waals surface area contributed by atoms with E-state index in [1.165, 1.54) is 16.8 Å². The zero-order valence-corrected chi connectivity index (χ0v) is 7.75. The summed E-state index contributed by atoms with van der Waals surface area (Å²) in [5, 5.41) is 10.4. The number of para-hydroxylation sites is 1. The molecule has 2 aromatic rings. The minimum Gasteiger partial charge on any atom is -0.338 e. The Labute approximate surface area is 82.2 Å². The molecule has 2 N–H and O–H groups in total. The van der Waals surface area contributed by atoms with Gasteiger partial charge in [-0.1, -0.05) is 18.2 Å². The van der Waals surface area contributed by atoms with Crippen LogP contribution in [0.25, 0.3) is 0 Å². The molecule has 0 amide bonds. The standard InChI is InChI=1S/C11H11N3/c1-2-4-10-8(3-1)5-6-9-7-12-14-11(9)13-10/h1-4,7H,5-6H2,(H2,12,13,14). The fourth-order valence-corrected chi connectivity index (χ4v) is 1.87. The predicted octanol–water partition coefficient (Wildman–Crippen LogP) is 2.25. The molecule has 0 fully saturated rings. The molecule has 3 heteroatoms. The summed E-state index contributed by atoms with van der Waals surface area (Å²) in [6.45, 7) is 0. The van der Waals surface area contributed by atoms with E-state index in [1.54, 1.807) is 0 Å². The number of aromatic nitrogens is 2. The van der Waals surface area contributed by atoms with Gasteiger partial charge in [-0.3, -0.25) is 5.10 Å². The summed E-state index contributed by atoms with van der Waals surface area (Å²) in [5.41, 5.74) is 3.81. The van der Waals surface area contributed by atoms with Gasteiger partial charge in [0.25, 0.3) is 0 Å². The molecule has 3 nitrogen and oxygen atoms in total. The van der Waals surface area contributed by atoms with Crippen molar-refractivity contribution in [3.05, 3.63) is 41.6 Å². The molecule has 0 saturated carbocycles. The third-order valence-corrected chi connectivity index (χ3v) is 2.65. The first-order chi connectivity index (χ1) is 6.93. The Balaban J connectivity index is 2.10. The van der Waals surface area contributed by atoms with Crippen LogP contribution in [0.1, 0.15) is 11.1 Å². The van der Waals surface area contributed by atoms with E-state index in [1.807, 2.05) is 12.3 Å². The van der Waals surface area contributed by atoms with Crippen LogP contribution >= 0.6 is 0 Å². The summed E-state index contributed by atoms with van der Waals surface area (Å²) in [4.78, 5) is 0. The van der Waals surface area contributed by atoms with Crippen molar-refractivity contribution in [3.63, 3.8) is 0 Å². The largest absolute Gasteiger partial charge is 0.338 e. The highest BCUT2D eigenvalue weighted by molar-refractivity contribution is 5.64. The van der Waals surface area contributed by atoms with Gasteiger partial charge in [0.2, 0.25) is 0 Å². The summed E-state index contributed by atoms with van der Waals surface area (Å²) < 4.78 is 0. The molecule has 2 heterocycles. The van der Waals surface area contributed by atoms with Crippen molar-refractivity contribution in [1.82, 2.24) is 10.2 Å². The average Bonchev–Trinajstić information content (AvgIpc) is 2.58. The Kier molecular flexibility index (Phi) is 1.56. The highest BCUT2D eigenvalue weighted by Gasteiger charge is 2.13. The van der Waals surface area contributed by atoms with Crippen LogP contribution in [0.2, 0.25) is 0 Å². The van der Waals surface area contributed by atoms with E-state index in [0.717, 1.165) is 18.7 Å². The molecule has 0 aliphatic carbocycles. The van der Waals surface area contributed by atoms with Crippen LogP contribution < -0.4 is 5.32 Å². The van der Waals surface area contributed by atoms with Crippen molar-refractivity contribution in [2.75, 3.05) is 5.32 Å². The zero-order chi connectivity index (χ0) is 9.38. The summed E-state index contributed by atoms with van der Waals surface area (Å²) in [6.07, 6.45) is 4.10. The molecule has 14 heavy (non-hydrogen) atoms. The van der Waals surface area contributed by atoms with Gasteiger partial charge in [-0.15, -0.1) is 0 Å². The molecule has 0 radical (unpaired) electrons. The van der Waals surface area contributed by atoms with Crippen molar-refractivity contribution in [1.29, 1.82) is 0 Å². The summed E-state index contributed by atoms with van der Waals surface area (Å²) in [7, 11) is 0. The maximum Gasteiger partial charge on any atom is 0.155 e. The van der Waals surface area contributed by atoms with Crippen molar-refractivity contribution in [3.8, 4) is 0 Å². The number of aromatic amines is 1. The van der Waals surface area contributed by atoms with E-state index in [9.17, 15) is 0 Å². The van der Waals surface area contributed by atoms with E-state index in [-0.39, 0.29) is 0 Å². The Morgan fingerprint density at radius 1 is 1.07 bits per heavy atom. The Morgan fingerprint density at radius 2 is 1.93 bits per heavy atom. The molecule has 1 aliphatic rings. The molecule has 0 spiro atoms. The number of hydrogen-bond acceptors (Lipinski definition) is 2. The van der Waals surface area contributed by atoms with Gasteiger partial charge >= 0.3 is 0 Å². The third kappa shape index (κ3) is 1.09. The molecular weight excluding hydrogens is 174 g/mol. The van der Waals surface area contributed by atoms with Crippen molar-refractivity contribution in [2.24, 2.45) is 0 Å². The lowest BCUT2D eigenvalue weighted by molar-refractivity contribution is 0.977. The van der Waals surface area contributed by atoms with Gasteiger partial charge in [-0.05, 0) is 24.5 Å². The second-order valence-corrected chi connectivity index (χ2v) is 3.54. The van der Waals surface area contributed by atoms with Crippen LogP contribution in [0.15, 0.2) is 30.5 Å². The number of aryl methyl sites for hydroxylation is 2. The smallest absolute Gasteiger partial charge is 0.155 e. The third-order valence-electron chi connectivity index (χ3n) is 2.65. The number of rotatable bonds is 0. The predicted molar refractivity (Wildman–Crippen MR) is 55.7 cm³/mol. The van der Waals surface area contributed by atoms with Gasteiger partial charge < -0.3 is 5.32 Å². The monoisotopic (exact) mass is 185 g/mol. The summed E-state index contributed by atoms with van der Waals surface area (Å²) >= 11 is 0. The van der Waals surface area contributed by atoms with Crippen LogP contribution in [0.5, 0.6) is 0 Å². The second kappa shape index (κ2) is 2.87. The lowest BCUT2D eigenvalue weighted by Gasteiger charge is -2.05. The normalized spacial score (nSPS) is 13.7. The van der Waals surface area contributed by atoms with Gasteiger partial charge in [0, 0.05) is 17.4 Å². The zero-order valence-electron chi connectivity index (χ0n) is 7.75. The van der Waals surface area contributed by atoms with Gasteiger partial charge in [-0.25, -0.2) is 0 Å². The lowest BCUT2D eigenvalue weighted by Crippen LogP contribution is -1.92. The van der Waals surface area contributed by atoms with Crippen LogP contribution in [0.4, 0.5) is 11.5 Å². The summed E-state index contributed by atoms with van der Waals surface area (Å²) in [6, 6.07) is 8.39. The number of fused-ring (bicyclic) bond motifs is 2. The first-order valence-electron chi connectivity index (χ1n) is 4.81. The molecule has 1 aromatic carbocycles. The van der Waals surface area contributed by atoms with Crippen LogP contribution in [-0.4, -0.2) is 10.2 Å². The number of H-pyrrole nitrogens is 1. The van der Waals surface area contributed by atoms with E-state index >= 15 is 0 Å². The number of nitrogens with zero attached hydrogens (tertiary/aromatic N) is 1. The topological polar surface area (TPSA) is 40.7 Å². The van der Waals surface area contributed by atoms with Gasteiger partial charge in [0.05, 0.1) is 0 Å². The molecule has 3 rings (SSSR count). The van der Waals surface area contributed by atoms with Crippen molar-refractivity contribution >= 4 is 11.5 Å². The summed E-state index contributed by atoms with van der Waals surface area (Å²) in [5.74, 6) is 0.968. The number of benzene rings is 1. The first-order valence-corrected chi connectivity index (χ1v) is 4.81. The molecule has 0 saturated heterocycles. The van der Waals surface area contributed by atoms with Crippen LogP contribution in [-0.2, 0) is 12.8 Å². The quantitative estimate of drug-likeness (QED) is 0.661. The number of nitrogens with one attached hydrogen (secondary N) is 2. The molecule has 0 bridgehead atoms. The molecule has 70 valence electrons. The first kappa shape index (κ1) is 7.62. The average molecular weight is 185 g/mol. The number of anilines is 2. The molecular formula is C11H11N3. The Morgan fingerprint density at radius 3 is 2.93 bits per heavy atom. The van der Waals surface area contributed by atoms with E-state index in [4.69, 9.17) is 0 Å². The molecule has 0 atom stereocenters. The number of hydrogen-bond donors (Lipinski definition) is 2. The maximum atomic E-state index is 4.18. The molecule has 1 aromatic heterocycles. The van der Waals surface area contributed by atoms with E-state index in [0.29, 0.717) is 0 Å². The molecule has 0 unspecified atom stereocenters. The van der Waals surface area contributed by atoms with Crippen molar-refractivity contribution in [2.45, 2.75) is 12.8 Å². The van der Waals surface area contributed by atoms with Gasteiger partial charge in [0.15, 0.2) is 5.82 Å². The van der Waals surface area contributed by atoms with Crippen LogP contribution in [0.3, 0.4) is 0 Å². The van der Waals surface area contributed by atoms with Gasteiger partial charge in [0.1, 0.15) is 0 Å². The lowest BCUT2D eigenvalue weighted by atomic mass is 10.1. The van der Waals surface area contributed by atoms with E-state index < -0.39 is 0 Å². The molecule has 1 aliphatic heterocycles. The van der Waals surface area contributed by atoms with E-state index in [2.05, 4.69) is 33.7 Å². The highest BCUT2D eigenvalue weighted by atomic mass is 15.2.